The van der Waals surface area contributed by atoms with Gasteiger partial charge in [0, 0.05) is 29.5 Å². The molecule has 1 amide bonds. The van der Waals surface area contributed by atoms with Gasteiger partial charge < -0.3 is 14.8 Å². The zero-order valence-corrected chi connectivity index (χ0v) is 13.4. The molecule has 4 nitrogen and oxygen atoms in total. The zero-order chi connectivity index (χ0) is 16.0. The van der Waals surface area contributed by atoms with E-state index in [1.807, 2.05) is 25.1 Å². The molecule has 0 aliphatic heterocycles. The highest BCUT2D eigenvalue weighted by Crippen LogP contribution is 2.48. The normalized spacial score (nSPS) is 29.3. The topological polar surface area (TPSA) is 62.5 Å². The van der Waals surface area contributed by atoms with Gasteiger partial charge in [0.1, 0.15) is 5.58 Å². The Hall–Kier alpha value is -1.81. The molecular weight excluding hydrogens is 290 g/mol. The number of furan rings is 1. The maximum Gasteiger partial charge on any atom is 0.224 e. The molecule has 2 bridgehead atoms. The third-order valence-electron chi connectivity index (χ3n) is 5.79. The second kappa shape index (κ2) is 5.68. The van der Waals surface area contributed by atoms with Gasteiger partial charge >= 0.3 is 0 Å². The van der Waals surface area contributed by atoms with Crippen molar-refractivity contribution < 1.29 is 14.3 Å². The van der Waals surface area contributed by atoms with Crippen molar-refractivity contribution >= 4 is 16.9 Å². The molecule has 4 unspecified atom stereocenters. The molecule has 2 aromatic rings. The van der Waals surface area contributed by atoms with Crippen LogP contribution in [0.15, 0.2) is 28.9 Å². The second-order valence-corrected chi connectivity index (χ2v) is 7.21. The number of aliphatic hydroxyl groups is 1. The molecule has 2 aliphatic carbocycles. The summed E-state index contributed by atoms with van der Waals surface area (Å²) >= 11 is 0. The maximum atomic E-state index is 12.5. The molecule has 1 aromatic heterocycles. The van der Waals surface area contributed by atoms with E-state index in [1.165, 1.54) is 12.8 Å². The van der Waals surface area contributed by atoms with Crippen molar-refractivity contribution in [3.05, 3.63) is 35.6 Å². The number of benzene rings is 1. The van der Waals surface area contributed by atoms with Crippen molar-refractivity contribution in [2.75, 3.05) is 6.61 Å². The largest absolute Gasteiger partial charge is 0.464 e. The first kappa shape index (κ1) is 14.8. The van der Waals surface area contributed by atoms with Gasteiger partial charge in [0.05, 0.1) is 12.7 Å². The Kier molecular flexibility index (Phi) is 3.64. The van der Waals surface area contributed by atoms with Gasteiger partial charge in [-0.1, -0.05) is 12.1 Å². The number of hydrogen-bond donors (Lipinski definition) is 2. The van der Waals surface area contributed by atoms with E-state index in [4.69, 9.17) is 4.42 Å². The fourth-order valence-electron chi connectivity index (χ4n) is 4.64. The number of amides is 1. The molecule has 2 fully saturated rings. The van der Waals surface area contributed by atoms with E-state index in [1.54, 1.807) is 6.26 Å². The van der Waals surface area contributed by atoms with Crippen molar-refractivity contribution in [1.82, 2.24) is 5.32 Å². The van der Waals surface area contributed by atoms with E-state index < -0.39 is 0 Å². The lowest BCUT2D eigenvalue weighted by Crippen LogP contribution is -2.45. The molecular formula is C19H23NO3. The van der Waals surface area contributed by atoms with Crippen molar-refractivity contribution in [2.24, 2.45) is 17.8 Å². The minimum absolute atomic E-state index is 0.0317. The zero-order valence-electron chi connectivity index (χ0n) is 13.4. The van der Waals surface area contributed by atoms with Crippen LogP contribution < -0.4 is 5.32 Å². The summed E-state index contributed by atoms with van der Waals surface area (Å²) in [4.78, 5) is 12.5. The number of aliphatic hydroxyl groups excluding tert-OH is 1. The molecule has 2 N–H and O–H groups in total. The number of carbonyl (C=O) groups is 1. The van der Waals surface area contributed by atoms with E-state index in [2.05, 4.69) is 5.32 Å². The SMILES string of the molecule is Cc1ccc2c(CC(=O)NC3C4CCC(C4)C3CO)coc2c1. The Morgan fingerprint density at radius 2 is 2.17 bits per heavy atom. The first-order valence-electron chi connectivity index (χ1n) is 8.52. The Balaban J connectivity index is 1.47. The molecule has 4 atom stereocenters. The van der Waals surface area contributed by atoms with Crippen LogP contribution in [0, 0.1) is 24.7 Å². The lowest BCUT2D eigenvalue weighted by atomic mass is 9.85. The summed E-state index contributed by atoms with van der Waals surface area (Å²) in [6, 6.07) is 6.20. The minimum Gasteiger partial charge on any atom is -0.464 e. The number of hydrogen-bond acceptors (Lipinski definition) is 3. The molecule has 2 saturated carbocycles. The molecule has 1 heterocycles. The number of rotatable bonds is 4. The van der Waals surface area contributed by atoms with E-state index in [-0.39, 0.29) is 24.5 Å². The Bertz CT molecular complexity index is 735. The van der Waals surface area contributed by atoms with Gasteiger partial charge in [0.15, 0.2) is 0 Å². The average molecular weight is 313 g/mol. The summed E-state index contributed by atoms with van der Waals surface area (Å²) in [7, 11) is 0. The summed E-state index contributed by atoms with van der Waals surface area (Å²) < 4.78 is 5.57. The lowest BCUT2D eigenvalue weighted by Gasteiger charge is -2.30. The molecule has 4 rings (SSSR count). The molecule has 0 spiro atoms. The van der Waals surface area contributed by atoms with E-state index >= 15 is 0 Å². The number of aryl methyl sites for hydroxylation is 1. The van der Waals surface area contributed by atoms with Crippen molar-refractivity contribution in [3.63, 3.8) is 0 Å². The number of nitrogens with one attached hydrogen (secondary N) is 1. The van der Waals surface area contributed by atoms with Crippen LogP contribution in [0.25, 0.3) is 11.0 Å². The summed E-state index contributed by atoms with van der Waals surface area (Å²) in [5.74, 6) is 1.41. The molecule has 2 aliphatic rings. The lowest BCUT2D eigenvalue weighted by molar-refractivity contribution is -0.122. The predicted octanol–water partition coefficient (Wildman–Crippen LogP) is 2.81. The van der Waals surface area contributed by atoms with Gasteiger partial charge in [0.25, 0.3) is 0 Å². The van der Waals surface area contributed by atoms with E-state index in [9.17, 15) is 9.90 Å². The highest BCUT2D eigenvalue weighted by atomic mass is 16.3. The summed E-state index contributed by atoms with van der Waals surface area (Å²) in [5, 5.41) is 13.8. The van der Waals surface area contributed by atoms with Crippen LogP contribution in [0.3, 0.4) is 0 Å². The van der Waals surface area contributed by atoms with Crippen LogP contribution in [-0.2, 0) is 11.2 Å². The number of fused-ring (bicyclic) bond motifs is 3. The van der Waals surface area contributed by atoms with Gasteiger partial charge in [-0.15, -0.1) is 0 Å². The monoisotopic (exact) mass is 313 g/mol. The van der Waals surface area contributed by atoms with Crippen molar-refractivity contribution in [2.45, 2.75) is 38.6 Å². The maximum absolute atomic E-state index is 12.5. The van der Waals surface area contributed by atoms with Crippen LogP contribution in [0.4, 0.5) is 0 Å². The number of carbonyl (C=O) groups excluding carboxylic acids is 1. The molecule has 0 saturated heterocycles. The quantitative estimate of drug-likeness (QED) is 0.912. The fourth-order valence-corrected chi connectivity index (χ4v) is 4.64. The highest BCUT2D eigenvalue weighted by Gasteiger charge is 2.47. The second-order valence-electron chi connectivity index (χ2n) is 7.21. The summed E-state index contributed by atoms with van der Waals surface area (Å²) in [5.41, 5.74) is 2.91. The first-order chi connectivity index (χ1) is 11.2. The third kappa shape index (κ3) is 2.55. The summed E-state index contributed by atoms with van der Waals surface area (Å²) in [6.07, 6.45) is 5.56. The smallest absolute Gasteiger partial charge is 0.224 e. The van der Waals surface area contributed by atoms with Gasteiger partial charge in [-0.05, 0) is 49.7 Å². The van der Waals surface area contributed by atoms with Crippen LogP contribution >= 0.6 is 0 Å². The average Bonchev–Trinajstić information content (AvgIpc) is 3.22. The highest BCUT2D eigenvalue weighted by molar-refractivity contribution is 5.88. The van der Waals surface area contributed by atoms with Crippen molar-refractivity contribution in [3.8, 4) is 0 Å². The van der Waals surface area contributed by atoms with Crippen molar-refractivity contribution in [1.29, 1.82) is 0 Å². The van der Waals surface area contributed by atoms with Gasteiger partial charge in [-0.2, -0.15) is 0 Å². The van der Waals surface area contributed by atoms with E-state index in [0.29, 0.717) is 18.3 Å². The summed E-state index contributed by atoms with van der Waals surface area (Å²) in [6.45, 7) is 2.21. The first-order valence-corrected chi connectivity index (χ1v) is 8.52. The Morgan fingerprint density at radius 1 is 1.35 bits per heavy atom. The molecule has 0 radical (unpaired) electrons. The molecule has 122 valence electrons. The Morgan fingerprint density at radius 3 is 3.00 bits per heavy atom. The fraction of sp³-hybridized carbons (Fsp3) is 0.526. The van der Waals surface area contributed by atoms with Gasteiger partial charge in [0.2, 0.25) is 5.91 Å². The Labute approximate surface area is 135 Å². The minimum atomic E-state index is 0.0317. The van der Waals surface area contributed by atoms with Crippen LogP contribution in [0.5, 0.6) is 0 Å². The van der Waals surface area contributed by atoms with Crippen LogP contribution in [0.1, 0.15) is 30.4 Å². The molecule has 4 heteroatoms. The predicted molar refractivity (Wildman–Crippen MR) is 88.0 cm³/mol. The molecule has 23 heavy (non-hydrogen) atoms. The molecule has 1 aromatic carbocycles. The van der Waals surface area contributed by atoms with Crippen LogP contribution in [-0.4, -0.2) is 23.7 Å². The standard InChI is InChI=1S/C19H23NO3/c1-11-2-5-15-14(10-23-17(15)6-11)8-18(22)20-19-13-4-3-12(7-13)16(19)9-21/h2,5-6,10,12-13,16,19,21H,3-4,7-9H2,1H3,(H,20,22). The van der Waals surface area contributed by atoms with Gasteiger partial charge in [-0.3, -0.25) is 4.79 Å². The van der Waals surface area contributed by atoms with E-state index in [0.717, 1.165) is 28.5 Å². The third-order valence-corrected chi connectivity index (χ3v) is 5.79. The van der Waals surface area contributed by atoms with Crippen LogP contribution in [0.2, 0.25) is 0 Å². The van der Waals surface area contributed by atoms with Gasteiger partial charge in [-0.25, -0.2) is 0 Å².